The van der Waals surface area contributed by atoms with Gasteiger partial charge in [0.25, 0.3) is 5.69 Å². The predicted octanol–water partition coefficient (Wildman–Crippen LogP) is 5.09. The minimum Gasteiger partial charge on any atom is -0.493 e. The number of benzene rings is 2. The van der Waals surface area contributed by atoms with E-state index in [1.807, 2.05) is 36.4 Å². The molecule has 8 heteroatoms. The van der Waals surface area contributed by atoms with Crippen LogP contribution in [0.2, 0.25) is 0 Å². The van der Waals surface area contributed by atoms with Crippen molar-refractivity contribution in [1.82, 2.24) is 14.4 Å². The minimum absolute atomic E-state index is 0.0116. The molecular formula is C25H20N4O4. The smallest absolute Gasteiger partial charge is 0.272 e. The number of furan rings is 1. The molecule has 0 saturated heterocycles. The molecule has 0 bridgehead atoms. The molecule has 0 saturated carbocycles. The standard InChI is InChI=1S/C25H20N4O4/c1-16-19(10-5-11-23(16)29(31)32)22-15-28-24(20(26-22)13-17-7-3-2-4-8-17)27-21(25(28)30)14-18-9-6-12-33-18/h2-12,15,30H,13-14H2,1H3. The molecule has 0 aliphatic heterocycles. The van der Waals surface area contributed by atoms with Crippen LogP contribution in [0.15, 0.2) is 77.5 Å². The molecule has 0 radical (unpaired) electrons. The highest BCUT2D eigenvalue weighted by Gasteiger charge is 2.21. The normalized spacial score (nSPS) is 11.2. The van der Waals surface area contributed by atoms with Crippen LogP contribution in [0.5, 0.6) is 5.88 Å². The molecule has 1 N–H and O–H groups in total. The van der Waals surface area contributed by atoms with Gasteiger partial charge in [-0.3, -0.25) is 14.5 Å². The van der Waals surface area contributed by atoms with E-state index in [0.717, 1.165) is 5.56 Å². The van der Waals surface area contributed by atoms with Gasteiger partial charge in [-0.15, -0.1) is 0 Å². The van der Waals surface area contributed by atoms with Crippen molar-refractivity contribution in [3.05, 3.63) is 112 Å². The number of aromatic hydroxyl groups is 1. The number of rotatable bonds is 6. The Morgan fingerprint density at radius 3 is 2.55 bits per heavy atom. The molecule has 0 atom stereocenters. The van der Waals surface area contributed by atoms with Gasteiger partial charge in [-0.1, -0.05) is 42.5 Å². The summed E-state index contributed by atoms with van der Waals surface area (Å²) in [6, 6.07) is 18.3. The largest absolute Gasteiger partial charge is 0.493 e. The number of nitro benzene ring substituents is 1. The van der Waals surface area contributed by atoms with Crippen LogP contribution in [0, 0.1) is 17.0 Å². The fourth-order valence-corrected chi connectivity index (χ4v) is 3.98. The molecule has 3 heterocycles. The fourth-order valence-electron chi connectivity index (χ4n) is 3.98. The molecule has 0 unspecified atom stereocenters. The van der Waals surface area contributed by atoms with E-state index in [9.17, 15) is 15.2 Å². The first-order valence-corrected chi connectivity index (χ1v) is 10.4. The van der Waals surface area contributed by atoms with Crippen molar-refractivity contribution < 1.29 is 14.4 Å². The zero-order chi connectivity index (χ0) is 22.9. The summed E-state index contributed by atoms with van der Waals surface area (Å²) in [4.78, 5) is 20.6. The molecule has 0 aliphatic rings. The molecular weight excluding hydrogens is 420 g/mol. The summed E-state index contributed by atoms with van der Waals surface area (Å²) in [6.45, 7) is 1.70. The van der Waals surface area contributed by atoms with Gasteiger partial charge in [-0.05, 0) is 24.6 Å². The average molecular weight is 440 g/mol. The number of fused-ring (bicyclic) bond motifs is 1. The van der Waals surface area contributed by atoms with E-state index in [-0.39, 0.29) is 11.6 Å². The van der Waals surface area contributed by atoms with Crippen molar-refractivity contribution in [3.8, 4) is 17.1 Å². The van der Waals surface area contributed by atoms with Crippen LogP contribution >= 0.6 is 0 Å². The summed E-state index contributed by atoms with van der Waals surface area (Å²) in [5.74, 6) is 0.670. The Kier molecular flexibility index (Phi) is 5.10. The lowest BCUT2D eigenvalue weighted by Crippen LogP contribution is -2.02. The Balaban J connectivity index is 1.70. The van der Waals surface area contributed by atoms with Gasteiger partial charge in [0.2, 0.25) is 5.88 Å². The van der Waals surface area contributed by atoms with Crippen LogP contribution in [0.3, 0.4) is 0 Å². The summed E-state index contributed by atoms with van der Waals surface area (Å²) in [7, 11) is 0. The van der Waals surface area contributed by atoms with Crippen LogP contribution in [0.25, 0.3) is 16.9 Å². The molecule has 0 aliphatic carbocycles. The highest BCUT2D eigenvalue weighted by atomic mass is 16.6. The Hall–Kier alpha value is -4.46. The number of aromatic nitrogens is 3. The molecule has 0 fully saturated rings. The molecule has 164 valence electrons. The maximum absolute atomic E-state index is 11.5. The molecule has 33 heavy (non-hydrogen) atoms. The zero-order valence-corrected chi connectivity index (χ0v) is 17.8. The van der Waals surface area contributed by atoms with Gasteiger partial charge in [0.05, 0.1) is 29.0 Å². The number of hydrogen-bond acceptors (Lipinski definition) is 6. The van der Waals surface area contributed by atoms with Gasteiger partial charge in [-0.2, -0.15) is 0 Å². The second-order valence-corrected chi connectivity index (χ2v) is 7.77. The second kappa shape index (κ2) is 8.23. The van der Waals surface area contributed by atoms with Crippen molar-refractivity contribution in [1.29, 1.82) is 0 Å². The third-order valence-electron chi connectivity index (χ3n) is 5.63. The van der Waals surface area contributed by atoms with E-state index >= 15 is 0 Å². The van der Waals surface area contributed by atoms with E-state index in [1.165, 1.54) is 6.07 Å². The third-order valence-corrected chi connectivity index (χ3v) is 5.63. The van der Waals surface area contributed by atoms with Crippen molar-refractivity contribution in [2.24, 2.45) is 0 Å². The van der Waals surface area contributed by atoms with Crippen molar-refractivity contribution in [2.45, 2.75) is 19.8 Å². The van der Waals surface area contributed by atoms with Gasteiger partial charge in [-0.25, -0.2) is 9.97 Å². The monoisotopic (exact) mass is 440 g/mol. The van der Waals surface area contributed by atoms with Crippen molar-refractivity contribution in [2.75, 3.05) is 0 Å². The molecule has 3 aromatic heterocycles. The summed E-state index contributed by atoms with van der Waals surface area (Å²) >= 11 is 0. The first kappa shape index (κ1) is 20.4. The van der Waals surface area contributed by atoms with Gasteiger partial charge >= 0.3 is 0 Å². The van der Waals surface area contributed by atoms with Gasteiger partial charge < -0.3 is 9.52 Å². The van der Waals surface area contributed by atoms with E-state index < -0.39 is 4.92 Å². The molecule has 5 rings (SSSR count). The third kappa shape index (κ3) is 3.82. The zero-order valence-electron chi connectivity index (χ0n) is 17.8. The molecule has 8 nitrogen and oxygen atoms in total. The highest BCUT2D eigenvalue weighted by Crippen LogP contribution is 2.32. The van der Waals surface area contributed by atoms with Crippen LogP contribution < -0.4 is 0 Å². The van der Waals surface area contributed by atoms with E-state index in [0.29, 0.717) is 52.5 Å². The van der Waals surface area contributed by atoms with Gasteiger partial charge in [0.15, 0.2) is 5.65 Å². The fraction of sp³-hybridized carbons (Fsp3) is 0.120. The number of hydrogen-bond donors (Lipinski definition) is 1. The summed E-state index contributed by atoms with van der Waals surface area (Å²) in [5, 5.41) is 22.4. The number of imidazole rings is 1. The Morgan fingerprint density at radius 1 is 1.00 bits per heavy atom. The molecule has 0 spiro atoms. The Bertz CT molecular complexity index is 1460. The maximum Gasteiger partial charge on any atom is 0.272 e. The molecule has 0 amide bonds. The van der Waals surface area contributed by atoms with Crippen LogP contribution in [-0.4, -0.2) is 24.4 Å². The van der Waals surface area contributed by atoms with Crippen LogP contribution in [0.1, 0.15) is 28.3 Å². The van der Waals surface area contributed by atoms with E-state index in [4.69, 9.17) is 9.40 Å². The lowest BCUT2D eigenvalue weighted by Gasteiger charge is -2.10. The minimum atomic E-state index is -0.404. The summed E-state index contributed by atoms with van der Waals surface area (Å²) < 4.78 is 7.01. The van der Waals surface area contributed by atoms with Gasteiger partial charge in [0, 0.05) is 29.8 Å². The van der Waals surface area contributed by atoms with Crippen molar-refractivity contribution in [3.63, 3.8) is 0 Å². The lowest BCUT2D eigenvalue weighted by molar-refractivity contribution is -0.385. The maximum atomic E-state index is 11.5. The van der Waals surface area contributed by atoms with Crippen molar-refractivity contribution >= 4 is 11.3 Å². The Labute approximate surface area is 188 Å². The first-order chi connectivity index (χ1) is 16.0. The number of nitro groups is 1. The highest BCUT2D eigenvalue weighted by molar-refractivity contribution is 5.70. The summed E-state index contributed by atoms with van der Waals surface area (Å²) in [6.07, 6.45) is 4.07. The second-order valence-electron chi connectivity index (χ2n) is 7.77. The molecule has 5 aromatic rings. The van der Waals surface area contributed by atoms with E-state index in [1.54, 1.807) is 42.0 Å². The topological polar surface area (TPSA) is 107 Å². The quantitative estimate of drug-likeness (QED) is 0.291. The van der Waals surface area contributed by atoms with Gasteiger partial charge in [0.1, 0.15) is 11.5 Å². The predicted molar refractivity (Wildman–Crippen MR) is 122 cm³/mol. The van der Waals surface area contributed by atoms with Crippen LogP contribution in [0.4, 0.5) is 5.69 Å². The number of nitrogens with zero attached hydrogens (tertiary/aromatic N) is 4. The Morgan fingerprint density at radius 2 is 1.82 bits per heavy atom. The first-order valence-electron chi connectivity index (χ1n) is 10.4. The molecule has 2 aromatic carbocycles. The average Bonchev–Trinajstić information content (AvgIpc) is 3.43. The van der Waals surface area contributed by atoms with E-state index in [2.05, 4.69) is 4.98 Å². The SMILES string of the molecule is Cc1c(-c2cn3c(O)c(Cc4ccco4)nc3c(Cc3ccccc3)n2)cccc1[N+](=O)[O-]. The lowest BCUT2D eigenvalue weighted by atomic mass is 10.0. The summed E-state index contributed by atoms with van der Waals surface area (Å²) in [5.41, 5.74) is 4.37. The van der Waals surface area contributed by atoms with Crippen LogP contribution in [-0.2, 0) is 12.8 Å².